The van der Waals surface area contributed by atoms with Crippen molar-refractivity contribution in [3.63, 3.8) is 0 Å². The second-order valence-electron chi connectivity index (χ2n) is 4.42. The zero-order chi connectivity index (χ0) is 9.90. The topological polar surface area (TPSA) is 35.2 Å². The Morgan fingerprint density at radius 1 is 1.31 bits per heavy atom. The van der Waals surface area contributed by atoms with Crippen molar-refractivity contribution < 1.29 is 4.74 Å². The van der Waals surface area contributed by atoms with Gasteiger partial charge in [-0.05, 0) is 17.5 Å². The van der Waals surface area contributed by atoms with Crippen LogP contribution in [-0.4, -0.2) is 6.61 Å². The van der Waals surface area contributed by atoms with E-state index in [0.29, 0.717) is 6.61 Å². The summed E-state index contributed by atoms with van der Waals surface area (Å²) in [7, 11) is 0. The molecule has 0 saturated carbocycles. The van der Waals surface area contributed by atoms with Gasteiger partial charge in [0.1, 0.15) is 5.75 Å². The SMILES string of the molecule is CC(C)(C)COc1cccc(N)c1. The predicted molar refractivity (Wildman–Crippen MR) is 55.8 cm³/mol. The molecular formula is C11H17NO. The number of anilines is 1. The maximum atomic E-state index is 5.62. The zero-order valence-electron chi connectivity index (χ0n) is 8.50. The monoisotopic (exact) mass is 179 g/mol. The maximum Gasteiger partial charge on any atom is 0.121 e. The van der Waals surface area contributed by atoms with Crippen LogP contribution < -0.4 is 10.5 Å². The maximum absolute atomic E-state index is 5.62. The van der Waals surface area contributed by atoms with Crippen LogP contribution in [0.1, 0.15) is 20.8 Å². The predicted octanol–water partition coefficient (Wildman–Crippen LogP) is 2.69. The van der Waals surface area contributed by atoms with Crippen molar-refractivity contribution in [1.82, 2.24) is 0 Å². The smallest absolute Gasteiger partial charge is 0.121 e. The van der Waals surface area contributed by atoms with E-state index in [0.717, 1.165) is 11.4 Å². The Kier molecular flexibility index (Phi) is 2.81. The van der Waals surface area contributed by atoms with Gasteiger partial charge in [-0.3, -0.25) is 0 Å². The highest BCUT2D eigenvalue weighted by atomic mass is 16.5. The average Bonchev–Trinajstić information content (AvgIpc) is 2.00. The number of benzene rings is 1. The van der Waals surface area contributed by atoms with Gasteiger partial charge in [-0.25, -0.2) is 0 Å². The minimum Gasteiger partial charge on any atom is -0.493 e. The number of ether oxygens (including phenoxy) is 1. The van der Waals surface area contributed by atoms with Crippen LogP contribution in [0.25, 0.3) is 0 Å². The van der Waals surface area contributed by atoms with Crippen LogP contribution in [-0.2, 0) is 0 Å². The van der Waals surface area contributed by atoms with Gasteiger partial charge in [0, 0.05) is 11.8 Å². The molecule has 1 aromatic carbocycles. The lowest BCUT2D eigenvalue weighted by Gasteiger charge is -2.18. The van der Waals surface area contributed by atoms with Crippen molar-refractivity contribution >= 4 is 5.69 Å². The molecule has 13 heavy (non-hydrogen) atoms. The summed E-state index contributed by atoms with van der Waals surface area (Å²) in [6.45, 7) is 7.12. The molecule has 2 heteroatoms. The van der Waals surface area contributed by atoms with E-state index in [1.165, 1.54) is 0 Å². The zero-order valence-corrected chi connectivity index (χ0v) is 8.50. The third-order valence-electron chi connectivity index (χ3n) is 1.53. The third kappa shape index (κ3) is 3.83. The van der Waals surface area contributed by atoms with Crippen LogP contribution >= 0.6 is 0 Å². The third-order valence-corrected chi connectivity index (χ3v) is 1.53. The molecule has 0 atom stereocenters. The number of nitrogens with two attached hydrogens (primary N) is 1. The van der Waals surface area contributed by atoms with Crippen LogP contribution in [0.3, 0.4) is 0 Å². The molecular weight excluding hydrogens is 162 g/mol. The minimum absolute atomic E-state index is 0.185. The van der Waals surface area contributed by atoms with Gasteiger partial charge < -0.3 is 10.5 Å². The van der Waals surface area contributed by atoms with Crippen LogP contribution in [0.4, 0.5) is 5.69 Å². The van der Waals surface area contributed by atoms with E-state index in [-0.39, 0.29) is 5.41 Å². The van der Waals surface area contributed by atoms with Crippen LogP contribution in [0, 0.1) is 5.41 Å². The molecule has 0 heterocycles. The van der Waals surface area contributed by atoms with E-state index < -0.39 is 0 Å². The first-order valence-electron chi connectivity index (χ1n) is 4.46. The molecule has 0 aliphatic rings. The van der Waals surface area contributed by atoms with E-state index in [4.69, 9.17) is 10.5 Å². The molecule has 1 rings (SSSR count). The molecule has 72 valence electrons. The largest absolute Gasteiger partial charge is 0.493 e. The summed E-state index contributed by atoms with van der Waals surface area (Å²) in [5, 5.41) is 0. The van der Waals surface area contributed by atoms with Crippen molar-refractivity contribution in [2.75, 3.05) is 12.3 Å². The standard InChI is InChI=1S/C11H17NO/c1-11(2,3)8-13-10-6-4-5-9(12)7-10/h4-7H,8,12H2,1-3H3. The van der Waals surface area contributed by atoms with Gasteiger partial charge in [-0.1, -0.05) is 26.8 Å². The number of hydrogen-bond donors (Lipinski definition) is 1. The molecule has 0 aromatic heterocycles. The summed E-state index contributed by atoms with van der Waals surface area (Å²) in [5.74, 6) is 0.843. The fourth-order valence-electron chi connectivity index (χ4n) is 0.904. The molecule has 1 aromatic rings. The Labute approximate surface area is 79.7 Å². The van der Waals surface area contributed by atoms with Gasteiger partial charge in [-0.15, -0.1) is 0 Å². The lowest BCUT2D eigenvalue weighted by atomic mass is 9.99. The summed E-state index contributed by atoms with van der Waals surface area (Å²) in [5.41, 5.74) is 6.55. The molecule has 0 fully saturated rings. The highest BCUT2D eigenvalue weighted by Crippen LogP contribution is 2.19. The van der Waals surface area contributed by atoms with Crippen LogP contribution in [0.2, 0.25) is 0 Å². The number of rotatable bonds is 2. The van der Waals surface area contributed by atoms with Gasteiger partial charge in [-0.2, -0.15) is 0 Å². The normalized spacial score (nSPS) is 11.3. The van der Waals surface area contributed by atoms with Crippen molar-refractivity contribution in [2.24, 2.45) is 5.41 Å². The lowest BCUT2D eigenvalue weighted by molar-refractivity contribution is 0.198. The molecule has 2 N–H and O–H groups in total. The summed E-state index contributed by atoms with van der Waals surface area (Å²) in [4.78, 5) is 0. The molecule has 0 radical (unpaired) electrons. The molecule has 0 aliphatic carbocycles. The molecule has 0 bridgehead atoms. The van der Waals surface area contributed by atoms with Crippen molar-refractivity contribution in [3.05, 3.63) is 24.3 Å². The van der Waals surface area contributed by atoms with Crippen LogP contribution in [0.15, 0.2) is 24.3 Å². The Bertz CT molecular complexity index is 276. The number of hydrogen-bond acceptors (Lipinski definition) is 2. The first-order chi connectivity index (χ1) is 5.97. The number of nitrogen functional groups attached to an aromatic ring is 1. The summed E-state index contributed by atoms with van der Waals surface area (Å²) in [6.07, 6.45) is 0. The highest BCUT2D eigenvalue weighted by molar-refractivity contribution is 5.43. The van der Waals surface area contributed by atoms with Gasteiger partial charge in [0.15, 0.2) is 0 Å². The molecule has 0 spiro atoms. The highest BCUT2D eigenvalue weighted by Gasteiger charge is 2.10. The molecule has 0 amide bonds. The lowest BCUT2D eigenvalue weighted by Crippen LogP contribution is -2.16. The van der Waals surface area contributed by atoms with E-state index >= 15 is 0 Å². The Balaban J connectivity index is 2.55. The molecule has 0 aliphatic heterocycles. The molecule has 0 unspecified atom stereocenters. The van der Waals surface area contributed by atoms with Crippen molar-refractivity contribution in [3.8, 4) is 5.75 Å². The summed E-state index contributed by atoms with van der Waals surface area (Å²) in [6, 6.07) is 7.51. The van der Waals surface area contributed by atoms with E-state index in [1.807, 2.05) is 24.3 Å². The second-order valence-corrected chi connectivity index (χ2v) is 4.42. The van der Waals surface area contributed by atoms with Crippen LogP contribution in [0.5, 0.6) is 5.75 Å². The second kappa shape index (κ2) is 3.69. The van der Waals surface area contributed by atoms with Crippen molar-refractivity contribution in [2.45, 2.75) is 20.8 Å². The fourth-order valence-corrected chi connectivity index (χ4v) is 0.904. The van der Waals surface area contributed by atoms with Gasteiger partial charge in [0.2, 0.25) is 0 Å². The van der Waals surface area contributed by atoms with E-state index in [2.05, 4.69) is 20.8 Å². The molecule has 2 nitrogen and oxygen atoms in total. The average molecular weight is 179 g/mol. The van der Waals surface area contributed by atoms with Gasteiger partial charge in [0.25, 0.3) is 0 Å². The first-order valence-corrected chi connectivity index (χ1v) is 4.46. The van der Waals surface area contributed by atoms with Gasteiger partial charge >= 0.3 is 0 Å². The summed E-state index contributed by atoms with van der Waals surface area (Å²) >= 11 is 0. The first kappa shape index (κ1) is 9.90. The van der Waals surface area contributed by atoms with Gasteiger partial charge in [0.05, 0.1) is 6.61 Å². The Morgan fingerprint density at radius 2 is 2.00 bits per heavy atom. The molecule has 0 saturated heterocycles. The summed E-state index contributed by atoms with van der Waals surface area (Å²) < 4.78 is 5.57. The van der Waals surface area contributed by atoms with Crippen molar-refractivity contribution in [1.29, 1.82) is 0 Å². The quantitative estimate of drug-likeness (QED) is 0.708. The fraction of sp³-hybridized carbons (Fsp3) is 0.455. The van der Waals surface area contributed by atoms with E-state index in [9.17, 15) is 0 Å². The minimum atomic E-state index is 0.185. The Morgan fingerprint density at radius 3 is 2.54 bits per heavy atom. The van der Waals surface area contributed by atoms with E-state index in [1.54, 1.807) is 0 Å². The Hall–Kier alpha value is -1.18.